The number of nitrogens with zero attached hydrogens (tertiary/aromatic N) is 5. The summed E-state index contributed by atoms with van der Waals surface area (Å²) in [6.45, 7) is 4.91. The van der Waals surface area contributed by atoms with Crippen LogP contribution in [0.5, 0.6) is 0 Å². The molecule has 2 aliphatic rings. The number of methoxy groups -OCH3 is 1. The summed E-state index contributed by atoms with van der Waals surface area (Å²) in [6.07, 6.45) is 1.01. The van der Waals surface area contributed by atoms with Crippen molar-refractivity contribution in [3.8, 4) is 0 Å². The molecule has 0 radical (unpaired) electrons. The Kier molecular flexibility index (Phi) is 7.62. The number of hydrogen-bond donors (Lipinski definition) is 0. The van der Waals surface area contributed by atoms with Crippen LogP contribution in [0.4, 0.5) is 17.2 Å². The molecule has 10 heteroatoms. The zero-order chi connectivity index (χ0) is 26.8. The Hall–Kier alpha value is -3.50. The van der Waals surface area contributed by atoms with Crippen LogP contribution < -0.4 is 21.0 Å². The number of para-hydroxylation sites is 1. The summed E-state index contributed by atoms with van der Waals surface area (Å²) in [5, 5.41) is 0. The minimum Gasteiger partial charge on any atom is -0.469 e. The average molecular weight is 536 g/mol. The summed E-state index contributed by atoms with van der Waals surface area (Å²) < 4.78 is 7.50. The summed E-state index contributed by atoms with van der Waals surface area (Å²) in [4.78, 5) is 45.6. The van der Waals surface area contributed by atoms with Gasteiger partial charge in [-0.3, -0.25) is 23.6 Å². The minimum absolute atomic E-state index is 0.200. The van der Waals surface area contributed by atoms with E-state index in [2.05, 4.69) is 57.2 Å². The van der Waals surface area contributed by atoms with Gasteiger partial charge in [-0.1, -0.05) is 30.0 Å². The van der Waals surface area contributed by atoms with Crippen LogP contribution in [0.1, 0.15) is 12.0 Å². The molecule has 200 valence electrons. The molecular weight excluding hydrogens is 502 g/mol. The lowest BCUT2D eigenvalue weighted by Crippen LogP contribution is -2.50. The monoisotopic (exact) mass is 535 g/mol. The van der Waals surface area contributed by atoms with E-state index in [1.807, 2.05) is 0 Å². The molecule has 3 aromatic rings. The predicted molar refractivity (Wildman–Crippen MR) is 150 cm³/mol. The largest absolute Gasteiger partial charge is 0.469 e. The van der Waals surface area contributed by atoms with E-state index >= 15 is 0 Å². The van der Waals surface area contributed by atoms with E-state index < -0.39 is 0 Å². The predicted octanol–water partition coefficient (Wildman–Crippen LogP) is 2.61. The molecule has 0 amide bonds. The summed E-state index contributed by atoms with van der Waals surface area (Å²) in [7, 11) is 4.64. The van der Waals surface area contributed by atoms with Gasteiger partial charge in [0, 0.05) is 75.6 Å². The summed E-state index contributed by atoms with van der Waals surface area (Å²) in [6, 6.07) is 16.5. The molecule has 1 aromatic heterocycles. The van der Waals surface area contributed by atoms with Crippen molar-refractivity contribution in [1.82, 2.24) is 14.0 Å². The number of rotatable bonds is 7. The van der Waals surface area contributed by atoms with Crippen molar-refractivity contribution in [3.63, 3.8) is 0 Å². The molecule has 0 unspecified atom stereocenters. The fraction of sp³-hybridized carbons (Fsp3) is 0.393. The number of ether oxygens (including phenoxy) is 1. The lowest BCUT2D eigenvalue weighted by molar-refractivity contribution is -0.140. The second-order valence-corrected chi connectivity index (χ2v) is 10.8. The Morgan fingerprint density at radius 1 is 0.895 bits per heavy atom. The van der Waals surface area contributed by atoms with Crippen LogP contribution in [0.25, 0.3) is 0 Å². The minimum atomic E-state index is -0.304. The Bertz CT molecular complexity index is 1460. The number of aryl methyl sites for hydroxylation is 1. The van der Waals surface area contributed by atoms with Crippen molar-refractivity contribution in [1.29, 1.82) is 0 Å². The zero-order valence-corrected chi connectivity index (χ0v) is 22.9. The van der Waals surface area contributed by atoms with Gasteiger partial charge in [0.1, 0.15) is 5.82 Å². The molecule has 0 aliphatic carbocycles. The van der Waals surface area contributed by atoms with Crippen LogP contribution in [0, 0.1) is 0 Å². The zero-order valence-electron chi connectivity index (χ0n) is 22.1. The first kappa shape index (κ1) is 26.1. The molecular formula is C28H33N5O4S. The van der Waals surface area contributed by atoms with E-state index in [0.29, 0.717) is 18.7 Å². The first-order valence-corrected chi connectivity index (χ1v) is 13.7. The molecule has 5 rings (SSSR count). The van der Waals surface area contributed by atoms with Crippen LogP contribution in [-0.2, 0) is 30.0 Å². The van der Waals surface area contributed by atoms with Crippen molar-refractivity contribution < 1.29 is 9.53 Å². The van der Waals surface area contributed by atoms with Gasteiger partial charge in [0.2, 0.25) is 0 Å². The molecule has 0 saturated carbocycles. The smallest absolute Gasteiger partial charge is 0.332 e. The highest BCUT2D eigenvalue weighted by Crippen LogP contribution is 2.48. The van der Waals surface area contributed by atoms with Crippen molar-refractivity contribution in [2.24, 2.45) is 14.1 Å². The molecule has 9 nitrogen and oxygen atoms in total. The Morgan fingerprint density at radius 2 is 1.63 bits per heavy atom. The third-order valence-electron chi connectivity index (χ3n) is 7.37. The molecule has 2 aromatic carbocycles. The fourth-order valence-corrected chi connectivity index (χ4v) is 6.16. The number of benzene rings is 2. The Morgan fingerprint density at radius 3 is 2.39 bits per heavy atom. The van der Waals surface area contributed by atoms with E-state index in [1.165, 1.54) is 35.3 Å². The number of carbonyl (C=O) groups excluding carboxylic acids is 1. The maximum Gasteiger partial charge on any atom is 0.332 e. The number of carbonyl (C=O) groups is 1. The number of anilines is 3. The van der Waals surface area contributed by atoms with Gasteiger partial charge < -0.3 is 14.5 Å². The Labute approximate surface area is 226 Å². The highest BCUT2D eigenvalue weighted by Gasteiger charge is 2.26. The van der Waals surface area contributed by atoms with Crippen molar-refractivity contribution in [2.45, 2.75) is 22.6 Å². The highest BCUT2D eigenvalue weighted by molar-refractivity contribution is 7.99. The molecule has 1 fully saturated rings. The van der Waals surface area contributed by atoms with Crippen molar-refractivity contribution in [2.75, 3.05) is 56.2 Å². The first-order valence-electron chi connectivity index (χ1n) is 12.8. The van der Waals surface area contributed by atoms with Gasteiger partial charge in [0.15, 0.2) is 0 Å². The van der Waals surface area contributed by atoms with Crippen LogP contribution in [0.2, 0.25) is 0 Å². The van der Waals surface area contributed by atoms with Gasteiger partial charge in [0.25, 0.3) is 5.56 Å². The molecule has 3 heterocycles. The highest BCUT2D eigenvalue weighted by atomic mass is 32.2. The van der Waals surface area contributed by atoms with Crippen LogP contribution in [0.15, 0.2) is 67.9 Å². The number of piperazine rings is 1. The fourth-order valence-electron chi connectivity index (χ4n) is 5.09. The van der Waals surface area contributed by atoms with Gasteiger partial charge in [-0.15, -0.1) is 0 Å². The molecule has 0 bridgehead atoms. The third kappa shape index (κ3) is 5.23. The summed E-state index contributed by atoms with van der Waals surface area (Å²) in [5.74, 6) is 0.475. The maximum atomic E-state index is 12.4. The van der Waals surface area contributed by atoms with E-state index in [1.54, 1.807) is 29.4 Å². The molecule has 2 aliphatic heterocycles. The van der Waals surface area contributed by atoms with E-state index in [-0.39, 0.29) is 17.2 Å². The molecule has 0 spiro atoms. The van der Waals surface area contributed by atoms with Gasteiger partial charge in [0.05, 0.1) is 18.5 Å². The Balaban J connectivity index is 1.29. The third-order valence-corrected chi connectivity index (χ3v) is 8.50. The lowest BCUT2D eigenvalue weighted by atomic mass is 10.1. The number of hydrogen-bond acceptors (Lipinski definition) is 8. The van der Waals surface area contributed by atoms with Gasteiger partial charge in [-0.05, 0) is 36.2 Å². The van der Waals surface area contributed by atoms with Crippen molar-refractivity contribution in [3.05, 3.63) is 74.9 Å². The van der Waals surface area contributed by atoms with Crippen LogP contribution >= 0.6 is 11.8 Å². The quantitative estimate of drug-likeness (QED) is 0.428. The number of fused-ring (bicyclic) bond motifs is 2. The second kappa shape index (κ2) is 11.1. The summed E-state index contributed by atoms with van der Waals surface area (Å²) in [5.41, 5.74) is 2.90. The van der Waals surface area contributed by atoms with Crippen LogP contribution in [-0.4, -0.2) is 66.4 Å². The molecule has 1 saturated heterocycles. The standard InChI is InChI=1S/C28H33N5O4S/c1-29-25(19-26(34)30(2)28(29)36)32-15-12-31(13-16-32)14-17-33-21-6-4-5-7-23(21)38-24-10-8-20(18-22(24)33)9-11-27(35)37-3/h4-8,10,18-19H,9,11-17H2,1-3H3. The van der Waals surface area contributed by atoms with E-state index in [0.717, 1.165) is 49.4 Å². The van der Waals surface area contributed by atoms with E-state index in [9.17, 15) is 14.4 Å². The normalized spacial score (nSPS) is 15.2. The van der Waals surface area contributed by atoms with Crippen LogP contribution in [0.3, 0.4) is 0 Å². The van der Waals surface area contributed by atoms with Gasteiger partial charge in [-0.2, -0.15) is 0 Å². The molecule has 0 N–H and O–H groups in total. The molecule has 38 heavy (non-hydrogen) atoms. The van der Waals surface area contributed by atoms with E-state index in [4.69, 9.17) is 4.74 Å². The van der Waals surface area contributed by atoms with Gasteiger partial charge >= 0.3 is 11.7 Å². The van der Waals surface area contributed by atoms with Gasteiger partial charge in [-0.25, -0.2) is 4.79 Å². The average Bonchev–Trinajstić information content (AvgIpc) is 2.95. The SMILES string of the molecule is COC(=O)CCc1ccc2c(c1)N(CCN1CCN(c3cc(=O)n(C)c(=O)n3C)CC1)c1ccccc1S2. The topological polar surface area (TPSA) is 80.0 Å². The number of esters is 1. The summed E-state index contributed by atoms with van der Waals surface area (Å²) >= 11 is 1.78. The first-order chi connectivity index (χ1) is 18.4. The maximum absolute atomic E-state index is 12.4. The number of aromatic nitrogens is 2. The molecule has 0 atom stereocenters. The second-order valence-electron chi connectivity index (χ2n) is 9.67. The lowest BCUT2D eigenvalue weighted by Gasteiger charge is -2.39. The van der Waals surface area contributed by atoms with Crippen molar-refractivity contribution >= 4 is 34.9 Å².